The predicted molar refractivity (Wildman–Crippen MR) is 72.7 cm³/mol. The Morgan fingerprint density at radius 3 is 2.89 bits per heavy atom. The Hall–Kier alpha value is -1.88. The standard InChI is InChI=1S/C13H10BrN3O/c1-18-11-4-2-3-9(7-11)13-16-15-12-6-5-10(14)8-17(12)13/h2-8H,1H3. The smallest absolute Gasteiger partial charge is 0.168 e. The molecule has 3 aromatic rings. The van der Waals surface area contributed by atoms with E-state index in [1.807, 2.05) is 47.0 Å². The van der Waals surface area contributed by atoms with Crippen molar-refractivity contribution < 1.29 is 4.74 Å². The lowest BCUT2D eigenvalue weighted by molar-refractivity contribution is 0.415. The lowest BCUT2D eigenvalue weighted by atomic mass is 10.2. The van der Waals surface area contributed by atoms with Crippen LogP contribution in [0.3, 0.4) is 0 Å². The molecule has 0 saturated carbocycles. The number of halogens is 1. The molecule has 2 aromatic heterocycles. The first-order chi connectivity index (χ1) is 8.78. The van der Waals surface area contributed by atoms with Crippen molar-refractivity contribution >= 4 is 21.6 Å². The van der Waals surface area contributed by atoms with E-state index in [0.29, 0.717) is 0 Å². The first-order valence-electron chi connectivity index (χ1n) is 5.42. The molecular weight excluding hydrogens is 294 g/mol. The first kappa shape index (κ1) is 11.2. The van der Waals surface area contributed by atoms with Gasteiger partial charge in [0.15, 0.2) is 11.5 Å². The largest absolute Gasteiger partial charge is 0.497 e. The molecule has 90 valence electrons. The highest BCUT2D eigenvalue weighted by Gasteiger charge is 2.08. The molecule has 0 saturated heterocycles. The summed E-state index contributed by atoms with van der Waals surface area (Å²) in [4.78, 5) is 0. The molecule has 0 bridgehead atoms. The zero-order valence-electron chi connectivity index (χ0n) is 9.67. The molecule has 18 heavy (non-hydrogen) atoms. The highest BCUT2D eigenvalue weighted by atomic mass is 79.9. The fraction of sp³-hybridized carbons (Fsp3) is 0.0769. The van der Waals surface area contributed by atoms with Crippen LogP contribution in [0.2, 0.25) is 0 Å². The predicted octanol–water partition coefficient (Wildman–Crippen LogP) is 3.17. The van der Waals surface area contributed by atoms with Gasteiger partial charge >= 0.3 is 0 Å². The van der Waals surface area contributed by atoms with E-state index in [0.717, 1.165) is 27.3 Å². The molecule has 0 amide bonds. The zero-order valence-corrected chi connectivity index (χ0v) is 11.3. The van der Waals surface area contributed by atoms with Gasteiger partial charge in [-0.25, -0.2) is 0 Å². The van der Waals surface area contributed by atoms with E-state index in [2.05, 4.69) is 26.1 Å². The molecule has 0 aliphatic carbocycles. The van der Waals surface area contributed by atoms with Gasteiger partial charge in [-0.1, -0.05) is 12.1 Å². The van der Waals surface area contributed by atoms with Gasteiger partial charge in [-0.2, -0.15) is 0 Å². The van der Waals surface area contributed by atoms with Crippen LogP contribution in [-0.4, -0.2) is 21.7 Å². The summed E-state index contributed by atoms with van der Waals surface area (Å²) in [5.41, 5.74) is 1.79. The van der Waals surface area contributed by atoms with E-state index in [4.69, 9.17) is 4.74 Å². The molecule has 0 aliphatic rings. The number of hydrogen-bond acceptors (Lipinski definition) is 3. The van der Waals surface area contributed by atoms with Crippen molar-refractivity contribution in [3.63, 3.8) is 0 Å². The van der Waals surface area contributed by atoms with Crippen LogP contribution in [0.15, 0.2) is 47.1 Å². The molecule has 0 unspecified atom stereocenters. The fourth-order valence-electron chi connectivity index (χ4n) is 1.82. The third-order valence-corrected chi connectivity index (χ3v) is 3.16. The Bertz CT molecular complexity index is 708. The van der Waals surface area contributed by atoms with E-state index >= 15 is 0 Å². The van der Waals surface area contributed by atoms with E-state index in [1.54, 1.807) is 7.11 Å². The van der Waals surface area contributed by atoms with E-state index < -0.39 is 0 Å². The van der Waals surface area contributed by atoms with Crippen LogP contribution in [0, 0.1) is 0 Å². The van der Waals surface area contributed by atoms with Crippen LogP contribution in [0.5, 0.6) is 5.75 Å². The Kier molecular flexibility index (Phi) is 2.76. The number of ether oxygens (including phenoxy) is 1. The van der Waals surface area contributed by atoms with Crippen molar-refractivity contribution in [1.82, 2.24) is 14.6 Å². The maximum Gasteiger partial charge on any atom is 0.168 e. The topological polar surface area (TPSA) is 39.4 Å². The fourth-order valence-corrected chi connectivity index (χ4v) is 2.16. The zero-order chi connectivity index (χ0) is 12.5. The van der Waals surface area contributed by atoms with Crippen LogP contribution in [0.1, 0.15) is 0 Å². The minimum absolute atomic E-state index is 0.796. The summed E-state index contributed by atoms with van der Waals surface area (Å²) in [6.07, 6.45) is 1.95. The highest BCUT2D eigenvalue weighted by Crippen LogP contribution is 2.23. The maximum atomic E-state index is 5.22. The monoisotopic (exact) mass is 303 g/mol. The van der Waals surface area contributed by atoms with Gasteiger partial charge < -0.3 is 4.74 Å². The summed E-state index contributed by atoms with van der Waals surface area (Å²) in [6, 6.07) is 11.6. The lowest BCUT2D eigenvalue weighted by Crippen LogP contribution is -1.90. The van der Waals surface area contributed by atoms with Crippen molar-refractivity contribution in [3.8, 4) is 17.1 Å². The number of methoxy groups -OCH3 is 1. The second kappa shape index (κ2) is 4.42. The Morgan fingerprint density at radius 2 is 2.06 bits per heavy atom. The quantitative estimate of drug-likeness (QED) is 0.730. The van der Waals surface area contributed by atoms with Gasteiger partial charge in [0.1, 0.15) is 5.75 Å². The van der Waals surface area contributed by atoms with Crippen molar-refractivity contribution in [2.24, 2.45) is 0 Å². The Balaban J connectivity index is 2.21. The van der Waals surface area contributed by atoms with Gasteiger partial charge in [0.25, 0.3) is 0 Å². The van der Waals surface area contributed by atoms with E-state index in [9.17, 15) is 0 Å². The van der Waals surface area contributed by atoms with Crippen molar-refractivity contribution in [1.29, 1.82) is 0 Å². The van der Waals surface area contributed by atoms with Gasteiger partial charge in [-0.3, -0.25) is 4.40 Å². The second-order valence-corrected chi connectivity index (χ2v) is 4.75. The molecule has 5 heteroatoms. The summed E-state index contributed by atoms with van der Waals surface area (Å²) in [5, 5.41) is 8.36. The number of nitrogens with zero attached hydrogens (tertiary/aromatic N) is 3. The Morgan fingerprint density at radius 1 is 1.17 bits per heavy atom. The number of hydrogen-bond donors (Lipinski definition) is 0. The summed E-state index contributed by atoms with van der Waals surface area (Å²) < 4.78 is 8.15. The van der Waals surface area contributed by atoms with Crippen LogP contribution in [0.4, 0.5) is 0 Å². The normalized spacial score (nSPS) is 10.8. The van der Waals surface area contributed by atoms with E-state index in [-0.39, 0.29) is 0 Å². The molecule has 2 heterocycles. The van der Waals surface area contributed by atoms with Crippen molar-refractivity contribution in [3.05, 3.63) is 47.1 Å². The third kappa shape index (κ3) is 1.86. The minimum atomic E-state index is 0.796. The summed E-state index contributed by atoms with van der Waals surface area (Å²) in [6.45, 7) is 0. The minimum Gasteiger partial charge on any atom is -0.497 e. The molecule has 0 atom stereocenters. The lowest BCUT2D eigenvalue weighted by Gasteiger charge is -2.03. The Labute approximate surface area is 112 Å². The summed E-state index contributed by atoms with van der Waals surface area (Å²) in [7, 11) is 1.65. The molecular formula is C13H10BrN3O. The summed E-state index contributed by atoms with van der Waals surface area (Å²) in [5.74, 6) is 1.60. The van der Waals surface area contributed by atoms with Crippen LogP contribution < -0.4 is 4.74 Å². The number of benzene rings is 1. The number of aromatic nitrogens is 3. The molecule has 1 aromatic carbocycles. The van der Waals surface area contributed by atoms with Crippen LogP contribution in [-0.2, 0) is 0 Å². The van der Waals surface area contributed by atoms with Gasteiger partial charge in [-0.15, -0.1) is 10.2 Å². The van der Waals surface area contributed by atoms with E-state index in [1.165, 1.54) is 0 Å². The molecule has 4 nitrogen and oxygen atoms in total. The SMILES string of the molecule is COc1cccc(-c2nnc3ccc(Br)cn23)c1. The van der Waals surface area contributed by atoms with Crippen molar-refractivity contribution in [2.45, 2.75) is 0 Å². The first-order valence-corrected chi connectivity index (χ1v) is 6.22. The number of fused-ring (bicyclic) bond motifs is 1. The average Bonchev–Trinajstić information content (AvgIpc) is 2.81. The second-order valence-electron chi connectivity index (χ2n) is 3.83. The van der Waals surface area contributed by atoms with Crippen LogP contribution >= 0.6 is 15.9 Å². The maximum absolute atomic E-state index is 5.22. The number of rotatable bonds is 2. The third-order valence-electron chi connectivity index (χ3n) is 2.69. The molecule has 0 N–H and O–H groups in total. The molecule has 3 rings (SSSR count). The van der Waals surface area contributed by atoms with Gasteiger partial charge in [0.2, 0.25) is 0 Å². The van der Waals surface area contributed by atoms with Gasteiger partial charge in [0.05, 0.1) is 7.11 Å². The van der Waals surface area contributed by atoms with Crippen molar-refractivity contribution in [2.75, 3.05) is 7.11 Å². The number of pyridine rings is 1. The van der Waals surface area contributed by atoms with Crippen LogP contribution in [0.25, 0.3) is 17.0 Å². The average molecular weight is 304 g/mol. The molecule has 0 radical (unpaired) electrons. The van der Waals surface area contributed by atoms with Gasteiger partial charge in [0, 0.05) is 16.2 Å². The molecule has 0 spiro atoms. The van der Waals surface area contributed by atoms with Gasteiger partial charge in [-0.05, 0) is 40.2 Å². The molecule has 0 aliphatic heterocycles. The molecule has 0 fully saturated rings. The summed E-state index contributed by atoms with van der Waals surface area (Å²) >= 11 is 3.45. The highest BCUT2D eigenvalue weighted by molar-refractivity contribution is 9.10.